The molecule has 0 saturated carbocycles. The number of hydrogen-bond donors (Lipinski definition) is 2. The molecule has 0 radical (unpaired) electrons. The lowest BCUT2D eigenvalue weighted by Gasteiger charge is -2.07. The molecule has 1 aliphatic heterocycles. The molecule has 0 fully saturated rings. The van der Waals surface area contributed by atoms with Crippen molar-refractivity contribution in [3.8, 4) is 0 Å². The van der Waals surface area contributed by atoms with E-state index in [4.69, 9.17) is 0 Å². The molecule has 88 valence electrons. The number of rotatable bonds is 2. The number of nitrogens with zero attached hydrogens (tertiary/aromatic N) is 4. The number of nitrogens with one attached hydrogen (secondary N) is 2. The van der Waals surface area contributed by atoms with E-state index in [2.05, 4.69) is 32.7 Å². The predicted octanol–water partition coefficient (Wildman–Crippen LogP) is 0.167. The Morgan fingerprint density at radius 1 is 1.47 bits per heavy atom. The maximum Gasteiger partial charge on any atom is 0.191 e. The number of fused-ring (bicyclic) bond motifs is 1. The molecule has 17 heavy (non-hydrogen) atoms. The maximum absolute atomic E-state index is 4.33. The predicted molar refractivity (Wildman–Crippen MR) is 64.7 cm³/mol. The molecule has 2 N–H and O–H groups in total. The maximum atomic E-state index is 4.33. The summed E-state index contributed by atoms with van der Waals surface area (Å²) in [7, 11) is 0. The molecule has 0 saturated heterocycles. The second kappa shape index (κ2) is 4.04. The Labute approximate surface area is 98.8 Å². The fraction of sp³-hybridized carbons (Fsp3) is 0.364. The lowest BCUT2D eigenvalue weighted by molar-refractivity contribution is 0.707. The van der Waals surface area contributed by atoms with Crippen LogP contribution in [0.3, 0.4) is 0 Å². The van der Waals surface area contributed by atoms with Crippen LogP contribution in [0.5, 0.6) is 0 Å². The summed E-state index contributed by atoms with van der Waals surface area (Å²) >= 11 is 0. The molecule has 0 bridgehead atoms. The molecule has 3 rings (SSSR count). The van der Waals surface area contributed by atoms with E-state index in [0.717, 1.165) is 24.0 Å². The number of aromatic nitrogens is 3. The molecular formula is C11H14N6. The van der Waals surface area contributed by atoms with Crippen molar-refractivity contribution in [2.24, 2.45) is 4.99 Å². The summed E-state index contributed by atoms with van der Waals surface area (Å²) in [6.07, 6.45) is 1.96. The zero-order valence-corrected chi connectivity index (χ0v) is 9.59. The molecule has 1 aliphatic rings. The minimum Gasteiger partial charge on any atom is -0.352 e. The van der Waals surface area contributed by atoms with Crippen molar-refractivity contribution in [2.75, 3.05) is 6.54 Å². The zero-order chi connectivity index (χ0) is 11.7. The first-order valence-electron chi connectivity index (χ1n) is 5.66. The van der Waals surface area contributed by atoms with Crippen LogP contribution in [0, 0.1) is 0 Å². The van der Waals surface area contributed by atoms with Crippen LogP contribution >= 0.6 is 0 Å². The van der Waals surface area contributed by atoms with E-state index in [9.17, 15) is 0 Å². The monoisotopic (exact) mass is 230 g/mol. The van der Waals surface area contributed by atoms with Gasteiger partial charge in [0.1, 0.15) is 0 Å². The third kappa shape index (κ3) is 1.93. The van der Waals surface area contributed by atoms with Crippen molar-refractivity contribution in [3.63, 3.8) is 0 Å². The summed E-state index contributed by atoms with van der Waals surface area (Å²) < 4.78 is 1.96. The van der Waals surface area contributed by atoms with Crippen LogP contribution in [0.2, 0.25) is 0 Å². The molecule has 6 nitrogen and oxygen atoms in total. The Balaban J connectivity index is 1.73. The quantitative estimate of drug-likeness (QED) is 0.771. The summed E-state index contributed by atoms with van der Waals surface area (Å²) in [6.45, 7) is 3.54. The first kappa shape index (κ1) is 10.1. The fourth-order valence-corrected chi connectivity index (χ4v) is 1.83. The van der Waals surface area contributed by atoms with E-state index in [0.29, 0.717) is 12.6 Å². The van der Waals surface area contributed by atoms with E-state index in [1.54, 1.807) is 0 Å². The van der Waals surface area contributed by atoms with Crippen molar-refractivity contribution >= 4 is 11.6 Å². The fourth-order valence-electron chi connectivity index (χ4n) is 1.83. The lowest BCUT2D eigenvalue weighted by Crippen LogP contribution is -2.37. The highest BCUT2D eigenvalue weighted by Crippen LogP contribution is 2.02. The van der Waals surface area contributed by atoms with Gasteiger partial charge in [0.2, 0.25) is 0 Å². The van der Waals surface area contributed by atoms with Gasteiger partial charge in [-0.1, -0.05) is 6.07 Å². The second-order valence-corrected chi connectivity index (χ2v) is 4.13. The van der Waals surface area contributed by atoms with E-state index in [-0.39, 0.29) is 0 Å². The van der Waals surface area contributed by atoms with Crippen molar-refractivity contribution in [1.82, 2.24) is 25.2 Å². The van der Waals surface area contributed by atoms with Crippen molar-refractivity contribution in [1.29, 1.82) is 0 Å². The summed E-state index contributed by atoms with van der Waals surface area (Å²) in [5.41, 5.74) is 0.860. The van der Waals surface area contributed by atoms with Gasteiger partial charge in [0, 0.05) is 12.2 Å². The molecule has 1 unspecified atom stereocenters. The number of aliphatic imine (C=N–C) groups is 1. The van der Waals surface area contributed by atoms with Crippen LogP contribution < -0.4 is 10.6 Å². The van der Waals surface area contributed by atoms with Crippen molar-refractivity contribution < 1.29 is 0 Å². The summed E-state index contributed by atoms with van der Waals surface area (Å²) in [5.74, 6) is 1.72. The molecule has 0 aliphatic carbocycles. The molecule has 0 amide bonds. The van der Waals surface area contributed by atoms with Crippen LogP contribution in [-0.2, 0) is 6.54 Å². The van der Waals surface area contributed by atoms with Crippen LogP contribution in [-0.4, -0.2) is 33.1 Å². The number of guanidine groups is 1. The number of pyridine rings is 1. The van der Waals surface area contributed by atoms with Crippen molar-refractivity contribution in [3.05, 3.63) is 30.2 Å². The van der Waals surface area contributed by atoms with Gasteiger partial charge in [-0.05, 0) is 19.1 Å². The van der Waals surface area contributed by atoms with Gasteiger partial charge in [-0.2, -0.15) is 0 Å². The van der Waals surface area contributed by atoms with Crippen molar-refractivity contribution in [2.45, 2.75) is 19.5 Å². The van der Waals surface area contributed by atoms with Gasteiger partial charge in [0.25, 0.3) is 0 Å². The summed E-state index contributed by atoms with van der Waals surface area (Å²) in [4.78, 5) is 4.33. The minimum atomic E-state index is 0.410. The average molecular weight is 230 g/mol. The SMILES string of the molecule is CC1CN=C(NCc2nnc3ccccn23)N1. The third-order valence-corrected chi connectivity index (χ3v) is 2.70. The molecule has 0 spiro atoms. The molecular weight excluding hydrogens is 216 g/mol. The standard InChI is InChI=1S/C11H14N6/c1-8-6-12-11(14-8)13-7-10-16-15-9-4-2-3-5-17(9)10/h2-5,8H,6-7H2,1H3,(H2,12,13,14). The molecule has 2 aromatic heterocycles. The lowest BCUT2D eigenvalue weighted by atomic mass is 10.4. The molecule has 0 aromatic carbocycles. The second-order valence-electron chi connectivity index (χ2n) is 4.13. The highest BCUT2D eigenvalue weighted by Gasteiger charge is 2.12. The van der Waals surface area contributed by atoms with Gasteiger partial charge < -0.3 is 10.6 Å². The zero-order valence-electron chi connectivity index (χ0n) is 9.59. The molecule has 3 heterocycles. The van der Waals surface area contributed by atoms with Gasteiger partial charge >= 0.3 is 0 Å². The molecule has 1 atom stereocenters. The van der Waals surface area contributed by atoms with E-state index in [1.807, 2.05) is 28.8 Å². The van der Waals surface area contributed by atoms with E-state index in [1.165, 1.54) is 0 Å². The Morgan fingerprint density at radius 3 is 3.24 bits per heavy atom. The first-order chi connectivity index (χ1) is 8.33. The van der Waals surface area contributed by atoms with Crippen LogP contribution in [0.15, 0.2) is 29.4 Å². The van der Waals surface area contributed by atoms with Crippen LogP contribution in [0.4, 0.5) is 0 Å². The van der Waals surface area contributed by atoms with Gasteiger partial charge in [-0.3, -0.25) is 9.39 Å². The van der Waals surface area contributed by atoms with Gasteiger partial charge in [0.05, 0.1) is 13.1 Å². The minimum absolute atomic E-state index is 0.410. The van der Waals surface area contributed by atoms with E-state index < -0.39 is 0 Å². The number of hydrogen-bond acceptors (Lipinski definition) is 5. The Morgan fingerprint density at radius 2 is 2.41 bits per heavy atom. The normalized spacial score (nSPS) is 19.1. The van der Waals surface area contributed by atoms with E-state index >= 15 is 0 Å². The Bertz CT molecular complexity index is 558. The largest absolute Gasteiger partial charge is 0.352 e. The van der Waals surface area contributed by atoms with Gasteiger partial charge in [-0.15, -0.1) is 10.2 Å². The van der Waals surface area contributed by atoms with Gasteiger partial charge in [-0.25, -0.2) is 0 Å². The average Bonchev–Trinajstić information content (AvgIpc) is 2.93. The first-order valence-corrected chi connectivity index (χ1v) is 5.66. The van der Waals surface area contributed by atoms with Gasteiger partial charge in [0.15, 0.2) is 17.4 Å². The Kier molecular flexibility index (Phi) is 2.40. The highest BCUT2D eigenvalue weighted by atomic mass is 15.3. The Hall–Kier alpha value is -2.11. The third-order valence-electron chi connectivity index (χ3n) is 2.70. The van der Waals surface area contributed by atoms with Crippen LogP contribution in [0.1, 0.15) is 12.7 Å². The topological polar surface area (TPSA) is 66.6 Å². The molecule has 6 heteroatoms. The molecule has 2 aromatic rings. The summed E-state index contributed by atoms with van der Waals surface area (Å²) in [5, 5.41) is 14.7. The highest BCUT2D eigenvalue weighted by molar-refractivity contribution is 5.81. The summed E-state index contributed by atoms with van der Waals surface area (Å²) in [6, 6.07) is 6.26. The van der Waals surface area contributed by atoms with Crippen LogP contribution in [0.25, 0.3) is 5.65 Å². The smallest absolute Gasteiger partial charge is 0.191 e.